The van der Waals surface area contributed by atoms with Crippen molar-refractivity contribution in [2.24, 2.45) is 0 Å². The number of carbonyl (C=O) groups is 2. The molecule has 1 aromatic carbocycles. The molecule has 2 rings (SSSR count). The van der Waals surface area contributed by atoms with E-state index in [2.05, 4.69) is 10.1 Å². The van der Waals surface area contributed by atoms with E-state index in [4.69, 9.17) is 0 Å². The lowest BCUT2D eigenvalue weighted by Gasteiger charge is -2.21. The lowest BCUT2D eigenvalue weighted by molar-refractivity contribution is -0.116. The van der Waals surface area contributed by atoms with Crippen LogP contribution in [-0.2, 0) is 19.4 Å². The highest BCUT2D eigenvalue weighted by molar-refractivity contribution is 7.92. The zero-order chi connectivity index (χ0) is 15.5. The summed E-state index contributed by atoms with van der Waals surface area (Å²) in [5.74, 6) is -1.15. The van der Waals surface area contributed by atoms with Crippen molar-refractivity contribution in [3.8, 4) is 0 Å². The molecule has 0 bridgehead atoms. The molecule has 1 aromatic rings. The first-order valence-electron chi connectivity index (χ1n) is 6.65. The first-order chi connectivity index (χ1) is 9.95. The summed E-state index contributed by atoms with van der Waals surface area (Å²) in [6.07, 6.45) is 1.61. The first kappa shape index (κ1) is 15.5. The highest BCUT2D eigenvalue weighted by Crippen LogP contribution is 2.22. The van der Waals surface area contributed by atoms with E-state index in [9.17, 15) is 18.0 Å². The number of esters is 1. The molecule has 0 aliphatic carbocycles. The maximum Gasteiger partial charge on any atom is 0.339 e. The highest BCUT2D eigenvalue weighted by atomic mass is 32.2. The zero-order valence-electron chi connectivity index (χ0n) is 11.7. The third-order valence-electron chi connectivity index (χ3n) is 3.46. The van der Waals surface area contributed by atoms with Crippen LogP contribution in [0.3, 0.4) is 0 Å². The predicted molar refractivity (Wildman–Crippen MR) is 77.8 cm³/mol. The smallest absolute Gasteiger partial charge is 0.339 e. The van der Waals surface area contributed by atoms with Crippen LogP contribution in [0.15, 0.2) is 24.3 Å². The monoisotopic (exact) mass is 311 g/mol. The molecule has 114 valence electrons. The van der Waals surface area contributed by atoms with Crippen molar-refractivity contribution in [1.29, 1.82) is 0 Å². The Bertz CT molecular complexity index is 653. The SMILES string of the molecule is COC(=O)c1ccccc1NC(=O)C1CCCCS1(=O)=O. The second kappa shape index (κ2) is 6.26. The van der Waals surface area contributed by atoms with Crippen LogP contribution < -0.4 is 5.32 Å². The molecule has 6 nitrogen and oxygen atoms in total. The van der Waals surface area contributed by atoms with Gasteiger partial charge in [-0.1, -0.05) is 18.6 Å². The zero-order valence-corrected chi connectivity index (χ0v) is 12.5. The second-order valence-corrected chi connectivity index (χ2v) is 7.18. The van der Waals surface area contributed by atoms with E-state index < -0.39 is 27.0 Å². The van der Waals surface area contributed by atoms with Crippen molar-refractivity contribution in [3.05, 3.63) is 29.8 Å². The number of sulfone groups is 1. The maximum atomic E-state index is 12.2. The van der Waals surface area contributed by atoms with Crippen molar-refractivity contribution >= 4 is 27.4 Å². The summed E-state index contributed by atoms with van der Waals surface area (Å²) >= 11 is 0. The third kappa shape index (κ3) is 3.41. The second-order valence-electron chi connectivity index (χ2n) is 4.88. The minimum absolute atomic E-state index is 0.0315. The Morgan fingerprint density at radius 3 is 2.62 bits per heavy atom. The molecule has 1 saturated heterocycles. The van der Waals surface area contributed by atoms with Crippen LogP contribution in [0.25, 0.3) is 0 Å². The fourth-order valence-electron chi connectivity index (χ4n) is 2.34. The molecular formula is C14H17NO5S. The first-order valence-corrected chi connectivity index (χ1v) is 8.37. The van der Waals surface area contributed by atoms with Crippen LogP contribution in [0.1, 0.15) is 29.6 Å². The molecule has 1 N–H and O–H groups in total. The van der Waals surface area contributed by atoms with Gasteiger partial charge in [-0.2, -0.15) is 0 Å². The number of hydrogen-bond donors (Lipinski definition) is 1. The molecule has 0 radical (unpaired) electrons. The molecule has 1 heterocycles. The average molecular weight is 311 g/mol. The Labute approximate surface area is 123 Å². The molecule has 0 saturated carbocycles. The van der Waals surface area contributed by atoms with Gasteiger partial charge < -0.3 is 10.1 Å². The number of anilines is 1. The van der Waals surface area contributed by atoms with Gasteiger partial charge in [-0.15, -0.1) is 0 Å². The number of amides is 1. The summed E-state index contributed by atoms with van der Waals surface area (Å²) in [5, 5.41) is 1.49. The summed E-state index contributed by atoms with van der Waals surface area (Å²) in [5.41, 5.74) is 0.455. The summed E-state index contributed by atoms with van der Waals surface area (Å²) in [7, 11) is -2.17. The van der Waals surface area contributed by atoms with Crippen molar-refractivity contribution in [2.75, 3.05) is 18.2 Å². The average Bonchev–Trinajstić information content (AvgIpc) is 2.46. The Balaban J connectivity index is 2.22. The molecule has 1 amide bonds. The highest BCUT2D eigenvalue weighted by Gasteiger charge is 2.35. The Kier molecular flexibility index (Phi) is 4.62. The lowest BCUT2D eigenvalue weighted by Crippen LogP contribution is -2.39. The van der Waals surface area contributed by atoms with Gasteiger partial charge in [0.25, 0.3) is 0 Å². The summed E-state index contributed by atoms with van der Waals surface area (Å²) < 4.78 is 28.5. The lowest BCUT2D eigenvalue weighted by atomic mass is 10.1. The van der Waals surface area contributed by atoms with E-state index in [0.717, 1.165) is 0 Å². The van der Waals surface area contributed by atoms with Gasteiger partial charge in [0.05, 0.1) is 24.1 Å². The fourth-order valence-corrected chi connectivity index (χ4v) is 4.14. The van der Waals surface area contributed by atoms with Crippen molar-refractivity contribution in [3.63, 3.8) is 0 Å². The van der Waals surface area contributed by atoms with Gasteiger partial charge in [0.1, 0.15) is 5.25 Å². The van der Waals surface area contributed by atoms with E-state index in [1.165, 1.54) is 13.2 Å². The third-order valence-corrected chi connectivity index (χ3v) is 5.64. The molecule has 7 heteroatoms. The maximum absolute atomic E-state index is 12.2. The van der Waals surface area contributed by atoms with Crippen LogP contribution in [0.5, 0.6) is 0 Å². The number of para-hydroxylation sites is 1. The van der Waals surface area contributed by atoms with Crippen molar-refractivity contribution < 1.29 is 22.7 Å². The van der Waals surface area contributed by atoms with Crippen LogP contribution in [0.4, 0.5) is 5.69 Å². The van der Waals surface area contributed by atoms with Crippen LogP contribution >= 0.6 is 0 Å². The minimum Gasteiger partial charge on any atom is -0.465 e. The standard InChI is InChI=1S/C14H17NO5S/c1-20-14(17)10-6-2-3-7-11(10)15-13(16)12-8-4-5-9-21(12,18)19/h2-3,6-7,12H,4-5,8-9H2,1H3,(H,15,16). The molecule has 1 fully saturated rings. The topological polar surface area (TPSA) is 89.5 Å². The van der Waals surface area contributed by atoms with Crippen LogP contribution in [0, 0.1) is 0 Å². The van der Waals surface area contributed by atoms with E-state index in [1.807, 2.05) is 0 Å². The number of rotatable bonds is 3. The summed E-state index contributed by atoms with van der Waals surface area (Å²) in [4.78, 5) is 23.8. The van der Waals surface area contributed by atoms with Crippen molar-refractivity contribution in [1.82, 2.24) is 0 Å². The van der Waals surface area contributed by atoms with Crippen molar-refractivity contribution in [2.45, 2.75) is 24.5 Å². The summed E-state index contributed by atoms with van der Waals surface area (Å²) in [6.45, 7) is 0. The Morgan fingerprint density at radius 1 is 1.24 bits per heavy atom. The predicted octanol–water partition coefficient (Wildman–Crippen LogP) is 1.38. The van der Waals surface area contributed by atoms with Gasteiger partial charge in [0.15, 0.2) is 9.84 Å². The van der Waals surface area contributed by atoms with E-state index >= 15 is 0 Å². The molecule has 1 atom stereocenters. The molecule has 0 aromatic heterocycles. The Morgan fingerprint density at radius 2 is 1.95 bits per heavy atom. The van der Waals surface area contributed by atoms with Crippen LogP contribution in [0.2, 0.25) is 0 Å². The molecule has 1 aliphatic heterocycles. The van der Waals surface area contributed by atoms with Gasteiger partial charge in [-0.25, -0.2) is 13.2 Å². The Hall–Kier alpha value is -1.89. The van der Waals surface area contributed by atoms with Gasteiger partial charge in [-0.3, -0.25) is 4.79 Å². The van der Waals surface area contributed by atoms with Gasteiger partial charge in [0, 0.05) is 0 Å². The minimum atomic E-state index is -3.41. The molecule has 0 spiro atoms. The van der Waals surface area contributed by atoms with E-state index in [0.29, 0.717) is 19.3 Å². The van der Waals surface area contributed by atoms with Gasteiger partial charge in [0.2, 0.25) is 5.91 Å². The number of hydrogen-bond acceptors (Lipinski definition) is 5. The fraction of sp³-hybridized carbons (Fsp3) is 0.429. The molecular weight excluding hydrogens is 294 g/mol. The molecule has 1 aliphatic rings. The van der Waals surface area contributed by atoms with Crippen LogP contribution in [-0.4, -0.2) is 38.4 Å². The largest absolute Gasteiger partial charge is 0.465 e. The molecule has 21 heavy (non-hydrogen) atoms. The van der Waals surface area contributed by atoms with E-state index in [1.54, 1.807) is 18.2 Å². The number of benzene rings is 1. The number of nitrogens with one attached hydrogen (secondary N) is 1. The van der Waals surface area contributed by atoms with E-state index in [-0.39, 0.29) is 17.0 Å². The number of methoxy groups -OCH3 is 1. The molecule has 1 unspecified atom stereocenters. The van der Waals surface area contributed by atoms with Gasteiger partial charge in [-0.05, 0) is 25.0 Å². The quantitative estimate of drug-likeness (QED) is 0.852. The number of carbonyl (C=O) groups excluding carboxylic acids is 2. The summed E-state index contributed by atoms with van der Waals surface area (Å²) in [6, 6.07) is 6.34. The van der Waals surface area contributed by atoms with Gasteiger partial charge >= 0.3 is 5.97 Å². The normalized spacial score (nSPS) is 20.5. The number of ether oxygens (including phenoxy) is 1.